The number of aromatic nitrogens is 3. The molecule has 3 nitrogen and oxygen atoms in total. The highest BCUT2D eigenvalue weighted by atomic mass is 14.7. The van der Waals surface area contributed by atoms with Crippen LogP contribution in [0.4, 0.5) is 0 Å². The lowest BCUT2D eigenvalue weighted by atomic mass is 10.1. The molecule has 0 unspecified atom stereocenters. The lowest BCUT2D eigenvalue weighted by Gasteiger charge is -2.06. The fourth-order valence-corrected chi connectivity index (χ4v) is 2.93. The van der Waals surface area contributed by atoms with Gasteiger partial charge in [0.1, 0.15) is 0 Å². The van der Waals surface area contributed by atoms with Crippen LogP contribution >= 0.6 is 0 Å². The molecule has 3 rings (SSSR count). The van der Waals surface area contributed by atoms with Crippen molar-refractivity contribution in [1.29, 1.82) is 0 Å². The van der Waals surface area contributed by atoms with Crippen molar-refractivity contribution in [3.05, 3.63) is 89.3 Å². The molecule has 0 aliphatic rings. The zero-order chi connectivity index (χ0) is 17.3. The van der Waals surface area contributed by atoms with Crippen molar-refractivity contribution in [3.63, 3.8) is 0 Å². The SMILES string of the molecule is CCc1cccc(CCCc2cccc(CCc3ccccn3)n2)n1. The summed E-state index contributed by atoms with van der Waals surface area (Å²) in [6.45, 7) is 2.15. The fraction of sp³-hybridized carbons (Fsp3) is 0.318. The fourth-order valence-electron chi connectivity index (χ4n) is 2.93. The predicted octanol–water partition coefficient (Wildman–Crippen LogP) is 4.39. The van der Waals surface area contributed by atoms with Gasteiger partial charge in [-0.3, -0.25) is 15.0 Å². The summed E-state index contributed by atoms with van der Waals surface area (Å²) >= 11 is 0. The highest BCUT2D eigenvalue weighted by molar-refractivity contribution is 5.15. The minimum absolute atomic E-state index is 0.935. The lowest BCUT2D eigenvalue weighted by Crippen LogP contribution is -2.00. The molecule has 0 atom stereocenters. The number of aryl methyl sites for hydroxylation is 5. The van der Waals surface area contributed by atoms with Gasteiger partial charge in [-0.25, -0.2) is 0 Å². The van der Waals surface area contributed by atoms with Gasteiger partial charge in [0.05, 0.1) is 0 Å². The van der Waals surface area contributed by atoms with E-state index in [1.807, 2.05) is 18.3 Å². The molecular formula is C22H25N3. The maximum absolute atomic E-state index is 4.80. The van der Waals surface area contributed by atoms with Gasteiger partial charge >= 0.3 is 0 Å². The Morgan fingerprint density at radius 1 is 0.600 bits per heavy atom. The molecule has 0 saturated heterocycles. The second kappa shape index (κ2) is 9.07. The standard InChI is InChI=1S/C22H25N3/c1-2-18-9-5-10-20(24-18)11-6-12-21-13-7-14-22(25-21)16-15-19-8-3-4-17-23-19/h3-5,7-10,13-14,17H,2,6,11-12,15-16H2,1H3. The van der Waals surface area contributed by atoms with Crippen molar-refractivity contribution in [1.82, 2.24) is 15.0 Å². The van der Waals surface area contributed by atoms with Crippen LogP contribution in [0.2, 0.25) is 0 Å². The Kier molecular flexibility index (Phi) is 6.27. The van der Waals surface area contributed by atoms with Gasteiger partial charge in [0.25, 0.3) is 0 Å². The molecule has 0 radical (unpaired) electrons. The maximum Gasteiger partial charge on any atom is 0.0410 e. The molecule has 0 aromatic carbocycles. The number of hydrogen-bond donors (Lipinski definition) is 0. The first kappa shape index (κ1) is 17.3. The second-order valence-electron chi connectivity index (χ2n) is 6.27. The zero-order valence-corrected chi connectivity index (χ0v) is 14.9. The van der Waals surface area contributed by atoms with Crippen LogP contribution in [0, 0.1) is 0 Å². The summed E-state index contributed by atoms with van der Waals surface area (Å²) in [5.74, 6) is 0. The largest absolute Gasteiger partial charge is 0.261 e. The summed E-state index contributed by atoms with van der Waals surface area (Å²) in [6.07, 6.45) is 7.80. The van der Waals surface area contributed by atoms with E-state index in [4.69, 9.17) is 4.98 Å². The van der Waals surface area contributed by atoms with E-state index < -0.39 is 0 Å². The van der Waals surface area contributed by atoms with Crippen LogP contribution in [0.5, 0.6) is 0 Å². The minimum Gasteiger partial charge on any atom is -0.261 e. The van der Waals surface area contributed by atoms with E-state index in [1.165, 1.54) is 17.1 Å². The van der Waals surface area contributed by atoms with Crippen molar-refractivity contribution in [3.8, 4) is 0 Å². The molecule has 3 aromatic heterocycles. The third-order valence-electron chi connectivity index (χ3n) is 4.32. The van der Waals surface area contributed by atoms with Crippen molar-refractivity contribution in [2.75, 3.05) is 0 Å². The van der Waals surface area contributed by atoms with Gasteiger partial charge in [-0.2, -0.15) is 0 Å². The minimum atomic E-state index is 0.935. The van der Waals surface area contributed by atoms with Crippen LogP contribution in [-0.4, -0.2) is 15.0 Å². The third-order valence-corrected chi connectivity index (χ3v) is 4.32. The van der Waals surface area contributed by atoms with E-state index in [1.54, 1.807) is 0 Å². The van der Waals surface area contributed by atoms with Gasteiger partial charge in [-0.15, -0.1) is 0 Å². The average molecular weight is 331 g/mol. The van der Waals surface area contributed by atoms with E-state index in [2.05, 4.69) is 59.4 Å². The number of hydrogen-bond acceptors (Lipinski definition) is 3. The van der Waals surface area contributed by atoms with E-state index >= 15 is 0 Å². The lowest BCUT2D eigenvalue weighted by molar-refractivity contribution is 0.764. The molecule has 0 aliphatic heterocycles. The van der Waals surface area contributed by atoms with Crippen LogP contribution in [0.3, 0.4) is 0 Å². The highest BCUT2D eigenvalue weighted by Crippen LogP contribution is 2.09. The summed E-state index contributed by atoms with van der Waals surface area (Å²) in [6, 6.07) is 18.7. The van der Waals surface area contributed by atoms with E-state index in [0.29, 0.717) is 0 Å². The number of rotatable bonds is 8. The van der Waals surface area contributed by atoms with Crippen LogP contribution < -0.4 is 0 Å². The third kappa shape index (κ3) is 5.49. The smallest absolute Gasteiger partial charge is 0.0410 e. The van der Waals surface area contributed by atoms with Crippen molar-refractivity contribution < 1.29 is 0 Å². The average Bonchev–Trinajstić information content (AvgIpc) is 2.68. The summed E-state index contributed by atoms with van der Waals surface area (Å²) in [4.78, 5) is 13.9. The van der Waals surface area contributed by atoms with Crippen LogP contribution in [0.1, 0.15) is 41.8 Å². The molecule has 0 saturated carbocycles. The Morgan fingerprint density at radius 3 is 1.80 bits per heavy atom. The van der Waals surface area contributed by atoms with Crippen molar-refractivity contribution >= 4 is 0 Å². The molecule has 0 N–H and O–H groups in total. The zero-order valence-electron chi connectivity index (χ0n) is 14.9. The van der Waals surface area contributed by atoms with Crippen molar-refractivity contribution in [2.45, 2.75) is 45.4 Å². The first-order valence-corrected chi connectivity index (χ1v) is 9.13. The van der Waals surface area contributed by atoms with Gasteiger partial charge in [0, 0.05) is 34.7 Å². The van der Waals surface area contributed by atoms with E-state index in [-0.39, 0.29) is 0 Å². The number of pyridine rings is 3. The van der Waals surface area contributed by atoms with E-state index in [9.17, 15) is 0 Å². The monoisotopic (exact) mass is 331 g/mol. The van der Waals surface area contributed by atoms with Gasteiger partial charge < -0.3 is 0 Å². The number of nitrogens with zero attached hydrogens (tertiary/aromatic N) is 3. The predicted molar refractivity (Wildman–Crippen MR) is 102 cm³/mol. The summed E-state index contributed by atoms with van der Waals surface area (Å²) in [7, 11) is 0. The van der Waals surface area contributed by atoms with Gasteiger partial charge in [0.2, 0.25) is 0 Å². The van der Waals surface area contributed by atoms with Crippen molar-refractivity contribution in [2.24, 2.45) is 0 Å². The topological polar surface area (TPSA) is 38.7 Å². The Hall–Kier alpha value is -2.55. The molecule has 3 aromatic rings. The van der Waals surface area contributed by atoms with Crippen LogP contribution in [-0.2, 0) is 32.1 Å². The molecule has 0 amide bonds. The first-order valence-electron chi connectivity index (χ1n) is 9.13. The van der Waals surface area contributed by atoms with E-state index in [0.717, 1.165) is 49.9 Å². The molecule has 0 bridgehead atoms. The Bertz CT molecular complexity index is 784. The Balaban J connectivity index is 1.51. The molecule has 0 aliphatic carbocycles. The molecule has 0 fully saturated rings. The normalized spacial score (nSPS) is 10.8. The van der Waals surface area contributed by atoms with Gasteiger partial charge in [-0.1, -0.05) is 25.1 Å². The highest BCUT2D eigenvalue weighted by Gasteiger charge is 2.02. The maximum atomic E-state index is 4.80. The second-order valence-corrected chi connectivity index (χ2v) is 6.27. The molecule has 3 heteroatoms. The molecule has 128 valence electrons. The molecule has 3 heterocycles. The summed E-state index contributed by atoms with van der Waals surface area (Å²) in [5.41, 5.74) is 5.80. The molecule has 25 heavy (non-hydrogen) atoms. The summed E-state index contributed by atoms with van der Waals surface area (Å²) in [5, 5.41) is 0. The quantitative estimate of drug-likeness (QED) is 0.614. The van der Waals surface area contributed by atoms with Crippen LogP contribution in [0.15, 0.2) is 60.8 Å². The van der Waals surface area contributed by atoms with Gasteiger partial charge in [-0.05, 0) is 74.9 Å². The van der Waals surface area contributed by atoms with Crippen LogP contribution in [0.25, 0.3) is 0 Å². The first-order chi connectivity index (χ1) is 12.3. The van der Waals surface area contributed by atoms with Gasteiger partial charge in [0.15, 0.2) is 0 Å². The Labute approximate surface area is 150 Å². The molecular weight excluding hydrogens is 306 g/mol. The Morgan fingerprint density at radius 2 is 1.16 bits per heavy atom. The molecule has 0 spiro atoms. The summed E-state index contributed by atoms with van der Waals surface area (Å²) < 4.78 is 0.